The van der Waals surface area contributed by atoms with Gasteiger partial charge in [0.25, 0.3) is 0 Å². The Kier molecular flexibility index (Phi) is 5.81. The molecule has 1 unspecified atom stereocenters. The van der Waals surface area contributed by atoms with Crippen molar-refractivity contribution in [3.63, 3.8) is 0 Å². The largest absolute Gasteiger partial charge is 0.548 e. The molecule has 0 saturated carbocycles. The topological polar surface area (TPSA) is 49.5 Å². The zero-order valence-corrected chi connectivity index (χ0v) is 13.3. The lowest BCUT2D eigenvalue weighted by atomic mass is 10.1. The fraction of sp³-hybridized carbons (Fsp3) is 0.643. The van der Waals surface area contributed by atoms with Crippen molar-refractivity contribution >= 4 is 8.64 Å². The van der Waals surface area contributed by atoms with Gasteiger partial charge in [-0.3, -0.25) is 0 Å². The molecule has 1 aromatic rings. The van der Waals surface area contributed by atoms with E-state index in [0.29, 0.717) is 12.7 Å². The second-order valence-corrected chi connectivity index (χ2v) is 6.55. The Balaban J connectivity index is 1.91. The predicted molar refractivity (Wildman–Crippen MR) is 76.9 cm³/mol. The lowest BCUT2D eigenvalue weighted by molar-refractivity contribution is 0.114. The van der Waals surface area contributed by atoms with E-state index in [1.54, 1.807) is 21.3 Å². The minimum Gasteiger partial charge on any atom is -0.548 e. The third kappa shape index (κ3) is 3.94. The zero-order valence-electron chi connectivity index (χ0n) is 12.3. The van der Waals surface area contributed by atoms with E-state index in [-0.39, 0.29) is 0 Å². The van der Waals surface area contributed by atoms with Crippen LogP contribution in [0.3, 0.4) is 0 Å². The van der Waals surface area contributed by atoms with Gasteiger partial charge in [-0.1, -0.05) is 6.07 Å². The van der Waals surface area contributed by atoms with Gasteiger partial charge in [-0.25, -0.2) is 0 Å². The minimum absolute atomic E-state index is 0.332. The summed E-state index contributed by atoms with van der Waals surface area (Å²) in [6.07, 6.45) is 2.18. The fourth-order valence-corrected chi connectivity index (χ4v) is 3.62. The number of rotatable bonds is 9. The van der Waals surface area contributed by atoms with E-state index in [1.807, 2.05) is 0 Å². The Labute approximate surface area is 121 Å². The monoisotopic (exact) mass is 298 g/mol. The smallest absolute Gasteiger partial charge is 0.312 e. The van der Waals surface area contributed by atoms with Crippen LogP contribution in [0.15, 0.2) is 11.7 Å². The average Bonchev–Trinajstić information content (AvgIpc) is 3.30. The van der Waals surface area contributed by atoms with E-state index >= 15 is 0 Å². The van der Waals surface area contributed by atoms with Crippen LogP contribution in [0.1, 0.15) is 12.0 Å². The van der Waals surface area contributed by atoms with Gasteiger partial charge in [0.1, 0.15) is 6.10 Å². The molecule has 0 amide bonds. The van der Waals surface area contributed by atoms with E-state index in [4.69, 9.17) is 23.4 Å². The van der Waals surface area contributed by atoms with Crippen LogP contribution >= 0.6 is 0 Å². The normalized spacial score (nSPS) is 16.9. The second kappa shape index (κ2) is 7.61. The number of methoxy groups -OCH3 is 2. The molecule has 0 aliphatic carbocycles. The molecular formula is C14H22O5Si. The van der Waals surface area contributed by atoms with Gasteiger partial charge in [-0.2, -0.15) is 0 Å². The highest BCUT2D eigenvalue weighted by molar-refractivity contribution is 6.50. The molecule has 5 nitrogen and oxygen atoms in total. The summed E-state index contributed by atoms with van der Waals surface area (Å²) in [7, 11) is 3.81. The molecule has 2 rings (SSSR count). The number of hydrogen-bond acceptors (Lipinski definition) is 5. The summed E-state index contributed by atoms with van der Waals surface area (Å²) in [5.74, 6) is 0.816. The summed E-state index contributed by atoms with van der Waals surface area (Å²) in [5, 5.41) is 0.824. The van der Waals surface area contributed by atoms with Crippen LogP contribution in [-0.4, -0.2) is 55.9 Å². The molecule has 1 aromatic heterocycles. The van der Waals surface area contributed by atoms with Crippen molar-refractivity contribution in [1.29, 1.82) is 0 Å². The van der Waals surface area contributed by atoms with Crippen molar-refractivity contribution in [1.82, 2.24) is 0 Å². The molecule has 2 heterocycles. The van der Waals surface area contributed by atoms with E-state index in [9.17, 15) is 0 Å². The Morgan fingerprint density at radius 3 is 2.70 bits per heavy atom. The van der Waals surface area contributed by atoms with Crippen molar-refractivity contribution in [3.8, 4) is 11.1 Å². The highest BCUT2D eigenvalue weighted by Crippen LogP contribution is 2.30. The van der Waals surface area contributed by atoms with Crippen LogP contribution in [0, 0.1) is 0 Å². The molecular weight excluding hydrogens is 276 g/mol. The van der Waals surface area contributed by atoms with Gasteiger partial charge >= 0.3 is 8.64 Å². The van der Waals surface area contributed by atoms with Crippen LogP contribution in [0.5, 0.6) is 11.1 Å². The fourth-order valence-electron chi connectivity index (χ4n) is 2.10. The van der Waals surface area contributed by atoms with Crippen molar-refractivity contribution in [2.24, 2.45) is 0 Å². The minimum atomic E-state index is -1.22. The third-order valence-corrected chi connectivity index (χ3v) is 5.01. The average molecular weight is 298 g/mol. The van der Waals surface area contributed by atoms with Gasteiger partial charge in [-0.15, -0.1) is 0 Å². The van der Waals surface area contributed by atoms with Gasteiger partial charge in [0, 0.05) is 6.61 Å². The first kappa shape index (κ1) is 15.3. The maximum Gasteiger partial charge on any atom is 0.312 e. The summed E-state index contributed by atoms with van der Waals surface area (Å²) in [4.78, 5) is 0. The summed E-state index contributed by atoms with van der Waals surface area (Å²) in [6, 6.07) is 2.09. The lowest BCUT2D eigenvalue weighted by Gasteiger charge is -2.15. The molecule has 1 fully saturated rings. The second-order valence-electron chi connectivity index (χ2n) is 4.63. The Bertz CT molecular complexity index is 434. The predicted octanol–water partition coefficient (Wildman–Crippen LogP) is 1.14. The van der Waals surface area contributed by atoms with Gasteiger partial charge in [0.15, 0.2) is 11.1 Å². The van der Waals surface area contributed by atoms with Crippen LogP contribution in [0.25, 0.3) is 0 Å². The summed E-state index contributed by atoms with van der Waals surface area (Å²) < 4.78 is 27.0. The first-order chi connectivity index (χ1) is 9.80. The molecule has 1 aliphatic rings. The summed E-state index contributed by atoms with van der Waals surface area (Å²) in [5.41, 5.74) is 3.22. The number of epoxide rings is 1. The van der Waals surface area contributed by atoms with Crippen LogP contribution < -0.4 is 13.9 Å². The summed E-state index contributed by atoms with van der Waals surface area (Å²) in [6.45, 7) is 2.28. The molecule has 0 spiro atoms. The van der Waals surface area contributed by atoms with Gasteiger partial charge in [-0.05, 0) is 24.1 Å². The third-order valence-electron chi connectivity index (χ3n) is 3.23. The van der Waals surface area contributed by atoms with Crippen molar-refractivity contribution in [2.75, 3.05) is 41.2 Å². The molecule has 112 valence electrons. The molecule has 1 atom stereocenters. The molecule has 0 bridgehead atoms. The molecule has 0 aromatic carbocycles. The van der Waals surface area contributed by atoms with E-state index in [0.717, 1.165) is 42.7 Å². The molecule has 1 aliphatic heterocycles. The van der Waals surface area contributed by atoms with Gasteiger partial charge < -0.3 is 23.4 Å². The maximum atomic E-state index is 5.54. The molecule has 1 saturated heterocycles. The van der Waals surface area contributed by atoms with Crippen LogP contribution in [0.4, 0.5) is 0 Å². The highest BCUT2D eigenvalue weighted by Gasteiger charge is 2.22. The lowest BCUT2D eigenvalue weighted by Crippen LogP contribution is -2.13. The van der Waals surface area contributed by atoms with E-state index < -0.39 is 8.64 Å². The van der Waals surface area contributed by atoms with E-state index in [1.165, 1.54) is 0 Å². The summed E-state index contributed by atoms with van der Waals surface area (Å²) >= 11 is 0. The van der Waals surface area contributed by atoms with Crippen molar-refractivity contribution in [2.45, 2.75) is 18.9 Å². The van der Waals surface area contributed by atoms with Crippen LogP contribution in [-0.2, 0) is 15.9 Å². The molecule has 0 radical (unpaired) electrons. The molecule has 20 heavy (non-hydrogen) atoms. The zero-order chi connectivity index (χ0) is 14.4. The number of ether oxygens (including phenoxy) is 4. The van der Waals surface area contributed by atoms with E-state index in [2.05, 4.69) is 11.7 Å². The van der Waals surface area contributed by atoms with Crippen molar-refractivity contribution < 1.29 is 23.4 Å². The highest BCUT2D eigenvalue weighted by atomic mass is 28.3. The molecule has 0 N–H and O–H groups in total. The quantitative estimate of drug-likeness (QED) is 0.389. The first-order valence-electron chi connectivity index (χ1n) is 6.77. The SMILES string of the molecule is COc1c(CCCOCC2CO2)cc[si](OC)c1OC. The Morgan fingerprint density at radius 2 is 2.10 bits per heavy atom. The van der Waals surface area contributed by atoms with Gasteiger partial charge in [0.05, 0.1) is 34.5 Å². The Morgan fingerprint density at radius 1 is 1.30 bits per heavy atom. The maximum absolute atomic E-state index is 5.54. The number of hydrogen-bond donors (Lipinski definition) is 0. The van der Waals surface area contributed by atoms with Gasteiger partial charge in [0.2, 0.25) is 0 Å². The first-order valence-corrected chi connectivity index (χ1v) is 8.26. The number of aryl methyl sites for hydroxylation is 1. The Hall–Kier alpha value is -1.11. The standard InChI is InChI=1S/C14H22O5Si/c1-15-13-11(5-4-7-18-9-12-10-19-12)6-8-20(17-3)14(13)16-2/h6,8,12H,4-5,7,9-10H2,1-3H3. The van der Waals surface area contributed by atoms with Crippen molar-refractivity contribution in [3.05, 3.63) is 17.3 Å². The van der Waals surface area contributed by atoms with Crippen LogP contribution in [0.2, 0.25) is 0 Å². The molecule has 6 heteroatoms.